The monoisotopic (exact) mass is 428 g/mol. The molecule has 2 N–H and O–H groups in total. The molecule has 0 atom stereocenters. The number of amides is 2. The number of aryl methyl sites for hydroxylation is 1. The molecule has 1 fully saturated rings. The van der Waals surface area contributed by atoms with E-state index in [0.29, 0.717) is 31.7 Å². The van der Waals surface area contributed by atoms with Crippen molar-refractivity contribution in [2.45, 2.75) is 31.2 Å². The molecule has 158 valence electrons. The standard InChI is InChI=1S/C20H24N6O3S/c1-15-6-2-3-7-17(15)22-20(27)21-10-13-26-19-9-8-16(14-18(19)23-24-26)30(28,29)25-11-4-5-12-25/h2-3,6-9,14H,4-5,10-13H2,1H3,(H2,21,22,27). The molecule has 1 aliphatic heterocycles. The van der Waals surface area contributed by atoms with Crippen molar-refractivity contribution in [2.75, 3.05) is 25.0 Å². The maximum atomic E-state index is 12.7. The molecule has 0 aliphatic carbocycles. The van der Waals surface area contributed by atoms with E-state index in [1.54, 1.807) is 22.9 Å². The minimum Gasteiger partial charge on any atom is -0.336 e. The van der Waals surface area contributed by atoms with Crippen LogP contribution in [0.5, 0.6) is 0 Å². The molecule has 10 heteroatoms. The summed E-state index contributed by atoms with van der Waals surface area (Å²) >= 11 is 0. The minimum atomic E-state index is -3.49. The summed E-state index contributed by atoms with van der Waals surface area (Å²) in [6.45, 7) is 3.81. The third-order valence-corrected chi connectivity index (χ3v) is 7.09. The Bertz CT molecular complexity index is 1170. The summed E-state index contributed by atoms with van der Waals surface area (Å²) in [6.07, 6.45) is 1.78. The number of hydrogen-bond donors (Lipinski definition) is 2. The van der Waals surface area contributed by atoms with Crippen LogP contribution in [0.4, 0.5) is 10.5 Å². The van der Waals surface area contributed by atoms with Gasteiger partial charge < -0.3 is 10.6 Å². The quantitative estimate of drug-likeness (QED) is 0.626. The molecule has 0 radical (unpaired) electrons. The van der Waals surface area contributed by atoms with Crippen molar-refractivity contribution in [1.29, 1.82) is 0 Å². The van der Waals surface area contributed by atoms with Gasteiger partial charge in [-0.3, -0.25) is 0 Å². The van der Waals surface area contributed by atoms with Crippen molar-refractivity contribution in [3.8, 4) is 0 Å². The molecule has 0 spiro atoms. The highest BCUT2D eigenvalue weighted by Crippen LogP contribution is 2.23. The van der Waals surface area contributed by atoms with E-state index in [1.807, 2.05) is 31.2 Å². The van der Waals surface area contributed by atoms with Crippen molar-refractivity contribution in [3.63, 3.8) is 0 Å². The van der Waals surface area contributed by atoms with E-state index in [9.17, 15) is 13.2 Å². The number of sulfonamides is 1. The van der Waals surface area contributed by atoms with Gasteiger partial charge in [-0.15, -0.1) is 5.10 Å². The largest absolute Gasteiger partial charge is 0.336 e. The van der Waals surface area contributed by atoms with Gasteiger partial charge in [0.2, 0.25) is 10.0 Å². The van der Waals surface area contributed by atoms with Gasteiger partial charge in [-0.2, -0.15) is 4.31 Å². The van der Waals surface area contributed by atoms with Crippen LogP contribution in [0.1, 0.15) is 18.4 Å². The maximum Gasteiger partial charge on any atom is 0.319 e. The number of carbonyl (C=O) groups is 1. The van der Waals surface area contributed by atoms with E-state index < -0.39 is 10.0 Å². The Kier molecular flexibility index (Phi) is 5.69. The number of aromatic nitrogens is 3. The van der Waals surface area contributed by atoms with Gasteiger partial charge in [-0.05, 0) is 49.6 Å². The number of rotatable bonds is 6. The highest BCUT2D eigenvalue weighted by atomic mass is 32.2. The molecule has 30 heavy (non-hydrogen) atoms. The molecule has 4 rings (SSSR count). The zero-order valence-corrected chi connectivity index (χ0v) is 17.5. The molecule has 2 amide bonds. The summed E-state index contributed by atoms with van der Waals surface area (Å²) < 4.78 is 28.6. The highest BCUT2D eigenvalue weighted by Gasteiger charge is 2.27. The van der Waals surface area contributed by atoms with Gasteiger partial charge in [-0.25, -0.2) is 17.9 Å². The molecule has 2 aromatic carbocycles. The van der Waals surface area contributed by atoms with E-state index in [2.05, 4.69) is 20.9 Å². The van der Waals surface area contributed by atoms with Gasteiger partial charge >= 0.3 is 6.03 Å². The summed E-state index contributed by atoms with van der Waals surface area (Å²) in [7, 11) is -3.49. The number of urea groups is 1. The van der Waals surface area contributed by atoms with Crippen molar-refractivity contribution in [2.24, 2.45) is 0 Å². The van der Waals surface area contributed by atoms with Crippen molar-refractivity contribution in [1.82, 2.24) is 24.6 Å². The average molecular weight is 429 g/mol. The van der Waals surface area contributed by atoms with E-state index >= 15 is 0 Å². The fraction of sp³-hybridized carbons (Fsp3) is 0.350. The van der Waals surface area contributed by atoms with Crippen LogP contribution in [0, 0.1) is 6.92 Å². The van der Waals surface area contributed by atoms with Crippen LogP contribution >= 0.6 is 0 Å². The summed E-state index contributed by atoms with van der Waals surface area (Å²) in [5, 5.41) is 13.8. The van der Waals surface area contributed by atoms with Gasteiger partial charge in [0.15, 0.2) is 0 Å². The van der Waals surface area contributed by atoms with E-state index in [1.165, 1.54) is 4.31 Å². The van der Waals surface area contributed by atoms with Crippen LogP contribution in [-0.4, -0.2) is 53.4 Å². The molecular weight excluding hydrogens is 404 g/mol. The first kappa shape index (κ1) is 20.3. The Hall–Kier alpha value is -2.98. The van der Waals surface area contributed by atoms with E-state index in [4.69, 9.17) is 0 Å². The molecule has 3 aromatic rings. The van der Waals surface area contributed by atoms with Crippen molar-refractivity contribution < 1.29 is 13.2 Å². The fourth-order valence-electron chi connectivity index (χ4n) is 3.51. The fourth-order valence-corrected chi connectivity index (χ4v) is 5.05. The zero-order valence-electron chi connectivity index (χ0n) is 16.7. The van der Waals surface area contributed by atoms with Crippen LogP contribution in [0.25, 0.3) is 11.0 Å². The zero-order chi connectivity index (χ0) is 21.1. The number of fused-ring (bicyclic) bond motifs is 1. The Morgan fingerprint density at radius 1 is 1.13 bits per heavy atom. The first-order valence-electron chi connectivity index (χ1n) is 9.89. The first-order valence-corrected chi connectivity index (χ1v) is 11.3. The molecule has 0 saturated carbocycles. The number of para-hydroxylation sites is 1. The lowest BCUT2D eigenvalue weighted by molar-refractivity contribution is 0.251. The lowest BCUT2D eigenvalue weighted by Gasteiger charge is -2.15. The van der Waals surface area contributed by atoms with Crippen LogP contribution in [-0.2, 0) is 16.6 Å². The number of benzene rings is 2. The Balaban J connectivity index is 1.39. The normalized spacial score (nSPS) is 14.8. The summed E-state index contributed by atoms with van der Waals surface area (Å²) in [5.74, 6) is 0. The van der Waals surface area contributed by atoms with Crippen LogP contribution in [0.3, 0.4) is 0 Å². The molecule has 1 saturated heterocycles. The van der Waals surface area contributed by atoms with Gasteiger partial charge in [0, 0.05) is 25.3 Å². The predicted octanol–water partition coefficient (Wildman–Crippen LogP) is 2.35. The SMILES string of the molecule is Cc1ccccc1NC(=O)NCCn1nnc2cc(S(=O)(=O)N3CCCC3)ccc21. The van der Waals surface area contributed by atoms with Crippen LogP contribution < -0.4 is 10.6 Å². The van der Waals surface area contributed by atoms with Gasteiger partial charge in [0.25, 0.3) is 0 Å². The average Bonchev–Trinajstić information content (AvgIpc) is 3.40. The first-order chi connectivity index (χ1) is 14.4. The minimum absolute atomic E-state index is 0.236. The van der Waals surface area contributed by atoms with E-state index in [-0.39, 0.29) is 10.9 Å². The summed E-state index contributed by atoms with van der Waals surface area (Å²) in [6, 6.07) is 12.1. The summed E-state index contributed by atoms with van der Waals surface area (Å²) in [4.78, 5) is 12.3. The highest BCUT2D eigenvalue weighted by molar-refractivity contribution is 7.89. The van der Waals surface area contributed by atoms with Crippen LogP contribution in [0.2, 0.25) is 0 Å². The molecule has 1 aromatic heterocycles. The van der Waals surface area contributed by atoms with Gasteiger partial charge in [0.1, 0.15) is 5.52 Å². The smallest absolute Gasteiger partial charge is 0.319 e. The third kappa shape index (κ3) is 4.14. The van der Waals surface area contributed by atoms with Gasteiger partial charge in [-0.1, -0.05) is 23.4 Å². The lowest BCUT2D eigenvalue weighted by atomic mass is 10.2. The number of nitrogens with one attached hydrogen (secondary N) is 2. The molecular formula is C20H24N6O3S. The third-order valence-electron chi connectivity index (χ3n) is 5.19. The second-order valence-corrected chi connectivity index (χ2v) is 9.21. The molecule has 1 aliphatic rings. The lowest BCUT2D eigenvalue weighted by Crippen LogP contribution is -2.31. The van der Waals surface area contributed by atoms with E-state index in [0.717, 1.165) is 29.6 Å². The van der Waals surface area contributed by atoms with Crippen LogP contribution in [0.15, 0.2) is 47.4 Å². The second-order valence-electron chi connectivity index (χ2n) is 7.27. The van der Waals surface area contributed by atoms with Crippen molar-refractivity contribution in [3.05, 3.63) is 48.0 Å². The van der Waals surface area contributed by atoms with Crippen molar-refractivity contribution >= 4 is 32.8 Å². The Morgan fingerprint density at radius 2 is 1.90 bits per heavy atom. The molecule has 2 heterocycles. The summed E-state index contributed by atoms with van der Waals surface area (Å²) in [5.41, 5.74) is 2.97. The predicted molar refractivity (Wildman–Crippen MR) is 114 cm³/mol. The number of anilines is 1. The Morgan fingerprint density at radius 3 is 2.67 bits per heavy atom. The maximum absolute atomic E-state index is 12.7. The molecule has 9 nitrogen and oxygen atoms in total. The molecule has 0 bridgehead atoms. The molecule has 0 unspecified atom stereocenters. The second kappa shape index (κ2) is 8.41. The Labute approximate surface area is 175 Å². The topological polar surface area (TPSA) is 109 Å². The van der Waals surface area contributed by atoms with Gasteiger partial charge in [0.05, 0.1) is 17.0 Å². The number of nitrogens with zero attached hydrogens (tertiary/aromatic N) is 4. The number of carbonyl (C=O) groups excluding carboxylic acids is 1. The number of hydrogen-bond acceptors (Lipinski definition) is 5.